The summed E-state index contributed by atoms with van der Waals surface area (Å²) in [6, 6.07) is 0.522. The second kappa shape index (κ2) is 4.80. The Morgan fingerprint density at radius 1 is 1.67 bits per heavy atom. The smallest absolute Gasteiger partial charge is 0.0636 e. The summed E-state index contributed by atoms with van der Waals surface area (Å²) in [7, 11) is 0. The minimum atomic E-state index is -0.250. The molecular weight excluding hydrogens is 154 g/mol. The molecule has 0 bridgehead atoms. The molecule has 0 saturated carbocycles. The topological polar surface area (TPSA) is 41.5 Å². The number of hydrogen-bond acceptors (Lipinski definition) is 3. The van der Waals surface area contributed by atoms with E-state index in [9.17, 15) is 0 Å². The van der Waals surface area contributed by atoms with Crippen molar-refractivity contribution in [3.05, 3.63) is 0 Å². The van der Waals surface area contributed by atoms with E-state index in [1.165, 1.54) is 0 Å². The van der Waals surface area contributed by atoms with Crippen molar-refractivity contribution in [3.63, 3.8) is 0 Å². The van der Waals surface area contributed by atoms with Gasteiger partial charge in [-0.25, -0.2) is 0 Å². The largest absolute Gasteiger partial charge is 0.392 e. The number of rotatable bonds is 3. The molecule has 72 valence electrons. The third-order valence-corrected chi connectivity index (χ3v) is 2.32. The molecule has 1 rings (SSSR count). The van der Waals surface area contributed by atoms with Crippen LogP contribution in [0.25, 0.3) is 0 Å². The first kappa shape index (κ1) is 9.96. The summed E-state index contributed by atoms with van der Waals surface area (Å²) in [5.74, 6) is 0.567. The first-order valence-corrected chi connectivity index (χ1v) is 4.69. The SMILES string of the molecule is CC1COCCC1NC[C@H](C)O. The van der Waals surface area contributed by atoms with E-state index < -0.39 is 0 Å². The second-order valence-electron chi connectivity index (χ2n) is 3.70. The Labute approximate surface area is 74.1 Å². The summed E-state index contributed by atoms with van der Waals surface area (Å²) in [5, 5.41) is 12.4. The molecule has 1 fully saturated rings. The van der Waals surface area contributed by atoms with Crippen molar-refractivity contribution in [2.24, 2.45) is 5.92 Å². The lowest BCUT2D eigenvalue weighted by atomic mass is 9.98. The zero-order valence-electron chi connectivity index (χ0n) is 7.92. The van der Waals surface area contributed by atoms with Crippen LogP contribution < -0.4 is 5.32 Å². The summed E-state index contributed by atoms with van der Waals surface area (Å²) < 4.78 is 5.32. The Morgan fingerprint density at radius 2 is 2.42 bits per heavy atom. The summed E-state index contributed by atoms with van der Waals surface area (Å²) in [6.45, 7) is 6.37. The van der Waals surface area contributed by atoms with Gasteiger partial charge in [0.15, 0.2) is 0 Å². The van der Waals surface area contributed by atoms with Gasteiger partial charge in [0.05, 0.1) is 12.7 Å². The van der Waals surface area contributed by atoms with Crippen LogP contribution in [0.1, 0.15) is 20.3 Å². The van der Waals surface area contributed by atoms with Crippen molar-refractivity contribution in [3.8, 4) is 0 Å². The molecule has 3 heteroatoms. The van der Waals surface area contributed by atoms with E-state index in [1.807, 2.05) is 0 Å². The Balaban J connectivity index is 2.20. The highest BCUT2D eigenvalue weighted by molar-refractivity contribution is 4.76. The van der Waals surface area contributed by atoms with Crippen LogP contribution in [0.4, 0.5) is 0 Å². The van der Waals surface area contributed by atoms with Crippen molar-refractivity contribution in [2.75, 3.05) is 19.8 Å². The zero-order valence-corrected chi connectivity index (χ0v) is 7.92. The van der Waals surface area contributed by atoms with Crippen LogP contribution in [-0.2, 0) is 4.74 Å². The fraction of sp³-hybridized carbons (Fsp3) is 1.00. The van der Waals surface area contributed by atoms with Gasteiger partial charge in [0.25, 0.3) is 0 Å². The average molecular weight is 173 g/mol. The lowest BCUT2D eigenvalue weighted by molar-refractivity contribution is 0.0356. The van der Waals surface area contributed by atoms with Gasteiger partial charge in [-0.3, -0.25) is 0 Å². The summed E-state index contributed by atoms with van der Waals surface area (Å²) in [6.07, 6.45) is 0.813. The maximum absolute atomic E-state index is 9.08. The van der Waals surface area contributed by atoms with Crippen molar-refractivity contribution >= 4 is 0 Å². The Bertz CT molecular complexity index is 128. The summed E-state index contributed by atoms with van der Waals surface area (Å²) in [5.41, 5.74) is 0. The lowest BCUT2D eigenvalue weighted by Crippen LogP contribution is -2.43. The Kier molecular flexibility index (Phi) is 3.98. The Morgan fingerprint density at radius 3 is 3.00 bits per heavy atom. The molecule has 0 amide bonds. The maximum atomic E-state index is 9.08. The average Bonchev–Trinajstić information content (AvgIpc) is 2.03. The van der Waals surface area contributed by atoms with Crippen LogP contribution in [0.3, 0.4) is 0 Å². The Hall–Kier alpha value is -0.120. The van der Waals surface area contributed by atoms with Gasteiger partial charge in [0.1, 0.15) is 0 Å². The standard InChI is InChI=1S/C9H19NO2/c1-7-6-12-4-3-9(7)10-5-8(2)11/h7-11H,3-6H2,1-2H3/t7?,8-,9?/m0/s1. The number of nitrogens with one attached hydrogen (secondary N) is 1. The minimum Gasteiger partial charge on any atom is -0.392 e. The predicted octanol–water partition coefficient (Wildman–Crippen LogP) is 0.382. The van der Waals surface area contributed by atoms with E-state index in [1.54, 1.807) is 6.92 Å². The van der Waals surface area contributed by atoms with Crippen LogP contribution >= 0.6 is 0 Å². The normalized spacial score (nSPS) is 33.2. The zero-order chi connectivity index (χ0) is 8.97. The third-order valence-electron chi connectivity index (χ3n) is 2.32. The van der Waals surface area contributed by atoms with Gasteiger partial charge < -0.3 is 15.2 Å². The second-order valence-corrected chi connectivity index (χ2v) is 3.70. The molecule has 0 aromatic carbocycles. The lowest BCUT2D eigenvalue weighted by Gasteiger charge is -2.30. The fourth-order valence-electron chi connectivity index (χ4n) is 1.51. The molecular formula is C9H19NO2. The van der Waals surface area contributed by atoms with Crippen molar-refractivity contribution in [1.29, 1.82) is 0 Å². The molecule has 3 nitrogen and oxygen atoms in total. The van der Waals surface area contributed by atoms with E-state index in [4.69, 9.17) is 9.84 Å². The van der Waals surface area contributed by atoms with E-state index in [-0.39, 0.29) is 6.10 Å². The third kappa shape index (κ3) is 3.09. The molecule has 1 aliphatic rings. The molecule has 3 atom stereocenters. The molecule has 2 N–H and O–H groups in total. The van der Waals surface area contributed by atoms with Gasteiger partial charge >= 0.3 is 0 Å². The van der Waals surface area contributed by atoms with Crippen LogP contribution in [0, 0.1) is 5.92 Å². The van der Waals surface area contributed by atoms with Crippen molar-refractivity contribution < 1.29 is 9.84 Å². The molecule has 1 heterocycles. The van der Waals surface area contributed by atoms with Gasteiger partial charge in [-0.1, -0.05) is 6.92 Å². The molecule has 0 radical (unpaired) electrons. The highest BCUT2D eigenvalue weighted by Gasteiger charge is 2.21. The van der Waals surface area contributed by atoms with Gasteiger partial charge in [0.2, 0.25) is 0 Å². The highest BCUT2D eigenvalue weighted by Crippen LogP contribution is 2.13. The molecule has 1 saturated heterocycles. The van der Waals surface area contributed by atoms with Crippen LogP contribution in [0.5, 0.6) is 0 Å². The van der Waals surface area contributed by atoms with Crippen LogP contribution in [-0.4, -0.2) is 37.0 Å². The first-order valence-electron chi connectivity index (χ1n) is 4.69. The highest BCUT2D eigenvalue weighted by atomic mass is 16.5. The number of aliphatic hydroxyl groups excluding tert-OH is 1. The van der Waals surface area contributed by atoms with Gasteiger partial charge in [-0.05, 0) is 19.3 Å². The van der Waals surface area contributed by atoms with Crippen molar-refractivity contribution in [2.45, 2.75) is 32.4 Å². The monoisotopic (exact) mass is 173 g/mol. The van der Waals surface area contributed by atoms with Crippen LogP contribution in [0.2, 0.25) is 0 Å². The molecule has 0 aromatic heterocycles. The summed E-state index contributed by atoms with van der Waals surface area (Å²) >= 11 is 0. The first-order chi connectivity index (χ1) is 5.70. The molecule has 0 spiro atoms. The summed E-state index contributed by atoms with van der Waals surface area (Å²) in [4.78, 5) is 0. The van der Waals surface area contributed by atoms with E-state index >= 15 is 0 Å². The molecule has 2 unspecified atom stereocenters. The molecule has 0 aromatic rings. The number of aliphatic hydroxyl groups is 1. The van der Waals surface area contributed by atoms with Crippen LogP contribution in [0.15, 0.2) is 0 Å². The van der Waals surface area contributed by atoms with E-state index in [2.05, 4.69) is 12.2 Å². The van der Waals surface area contributed by atoms with Gasteiger partial charge in [0, 0.05) is 19.2 Å². The van der Waals surface area contributed by atoms with Gasteiger partial charge in [-0.15, -0.1) is 0 Å². The molecule has 0 aliphatic carbocycles. The number of ether oxygens (including phenoxy) is 1. The van der Waals surface area contributed by atoms with E-state index in [0.717, 1.165) is 19.6 Å². The quantitative estimate of drug-likeness (QED) is 0.648. The maximum Gasteiger partial charge on any atom is 0.0636 e. The molecule has 12 heavy (non-hydrogen) atoms. The van der Waals surface area contributed by atoms with E-state index in [0.29, 0.717) is 18.5 Å². The number of hydrogen-bond donors (Lipinski definition) is 2. The molecule has 1 aliphatic heterocycles. The van der Waals surface area contributed by atoms with Crippen molar-refractivity contribution in [1.82, 2.24) is 5.32 Å². The fourth-order valence-corrected chi connectivity index (χ4v) is 1.51. The minimum absolute atomic E-state index is 0.250. The van der Waals surface area contributed by atoms with Gasteiger partial charge in [-0.2, -0.15) is 0 Å². The predicted molar refractivity (Wildman–Crippen MR) is 48.1 cm³/mol.